The summed E-state index contributed by atoms with van der Waals surface area (Å²) >= 11 is 0.961. The number of fused-ring (bicyclic) bond motifs is 2. The van der Waals surface area contributed by atoms with Gasteiger partial charge in [-0.05, 0) is 42.8 Å². The van der Waals surface area contributed by atoms with Crippen molar-refractivity contribution >= 4 is 39.3 Å². The number of hydrogen-bond donors (Lipinski definition) is 0. The van der Waals surface area contributed by atoms with E-state index in [1.54, 1.807) is 37.3 Å². The number of halogens is 1. The van der Waals surface area contributed by atoms with Gasteiger partial charge in [-0.1, -0.05) is 48.8 Å². The number of anilines is 1. The number of carbonyl (C=O) groups excluding carboxylic acids is 2. The number of esters is 1. The molecule has 0 fully saturated rings. The van der Waals surface area contributed by atoms with E-state index in [1.165, 1.54) is 17.0 Å². The fourth-order valence-corrected chi connectivity index (χ4v) is 5.22. The Labute approximate surface area is 220 Å². The summed E-state index contributed by atoms with van der Waals surface area (Å²) in [4.78, 5) is 45.9. The van der Waals surface area contributed by atoms with Crippen molar-refractivity contribution in [1.82, 2.24) is 4.98 Å². The van der Waals surface area contributed by atoms with Crippen LogP contribution in [0.15, 0.2) is 77.0 Å². The average Bonchev–Trinajstić information content (AvgIpc) is 3.44. The van der Waals surface area contributed by atoms with Gasteiger partial charge < -0.3 is 13.9 Å². The van der Waals surface area contributed by atoms with Crippen LogP contribution in [0.25, 0.3) is 11.0 Å². The van der Waals surface area contributed by atoms with Crippen molar-refractivity contribution in [3.05, 3.63) is 111 Å². The number of aryl methyl sites for hydroxylation is 1. The van der Waals surface area contributed by atoms with Gasteiger partial charge in [-0.3, -0.25) is 14.5 Å². The van der Waals surface area contributed by atoms with Gasteiger partial charge in [-0.15, -0.1) is 0 Å². The Balaban J connectivity index is 1.68. The average molecular weight is 533 g/mol. The summed E-state index contributed by atoms with van der Waals surface area (Å²) in [6.45, 7) is 9.11. The number of carbonyl (C=O) groups is 2. The largest absolute Gasteiger partial charge is 0.490 e. The Morgan fingerprint density at radius 2 is 1.89 bits per heavy atom. The zero-order valence-electron chi connectivity index (χ0n) is 20.2. The predicted octanol–water partition coefficient (Wildman–Crippen LogP) is 5.35. The van der Waals surface area contributed by atoms with E-state index < -0.39 is 29.2 Å². The summed E-state index contributed by atoms with van der Waals surface area (Å²) in [5.41, 5.74) is 0.529. The molecule has 2 aromatic heterocycles. The Kier molecular flexibility index (Phi) is 6.64. The van der Waals surface area contributed by atoms with Crippen molar-refractivity contribution in [2.24, 2.45) is 0 Å². The van der Waals surface area contributed by atoms with E-state index >= 15 is 0 Å². The van der Waals surface area contributed by atoms with Crippen LogP contribution in [0.4, 0.5) is 9.52 Å². The van der Waals surface area contributed by atoms with E-state index in [1.807, 2.05) is 0 Å². The van der Waals surface area contributed by atoms with Crippen molar-refractivity contribution < 1.29 is 27.9 Å². The Morgan fingerprint density at radius 3 is 2.61 bits per heavy atom. The van der Waals surface area contributed by atoms with Crippen LogP contribution < -0.4 is 15.1 Å². The Hall–Kier alpha value is -4.57. The molecule has 0 saturated carbocycles. The normalized spacial score (nSPS) is 14.4. The third-order valence-corrected chi connectivity index (χ3v) is 7.04. The van der Waals surface area contributed by atoms with Crippen LogP contribution in [0.3, 0.4) is 0 Å². The molecule has 8 nitrogen and oxygen atoms in total. The minimum Gasteiger partial charge on any atom is -0.490 e. The second-order valence-corrected chi connectivity index (χ2v) is 9.34. The molecule has 0 spiro atoms. The lowest BCUT2D eigenvalue weighted by Crippen LogP contribution is -2.29. The van der Waals surface area contributed by atoms with Crippen molar-refractivity contribution in [3.8, 4) is 5.75 Å². The molecule has 0 radical (unpaired) electrons. The van der Waals surface area contributed by atoms with Gasteiger partial charge >= 0.3 is 5.97 Å². The third-order valence-electron chi connectivity index (χ3n) is 5.90. The molecule has 1 aliphatic heterocycles. The van der Waals surface area contributed by atoms with Crippen molar-refractivity contribution in [1.29, 1.82) is 0 Å². The van der Waals surface area contributed by atoms with E-state index in [0.29, 0.717) is 23.6 Å². The second-order valence-electron chi connectivity index (χ2n) is 8.36. The van der Waals surface area contributed by atoms with Crippen LogP contribution in [0.2, 0.25) is 0 Å². The van der Waals surface area contributed by atoms with Crippen LogP contribution in [0.1, 0.15) is 43.1 Å². The maximum Gasteiger partial charge on any atom is 0.350 e. The molecule has 0 bridgehead atoms. The predicted molar refractivity (Wildman–Crippen MR) is 141 cm³/mol. The molecule has 1 atom stereocenters. The summed E-state index contributed by atoms with van der Waals surface area (Å²) in [6, 6.07) is 9.43. The number of ether oxygens (including phenoxy) is 2. The molecule has 0 saturated heterocycles. The molecule has 38 heavy (non-hydrogen) atoms. The number of thiazole rings is 1. The van der Waals surface area contributed by atoms with Gasteiger partial charge in [0.2, 0.25) is 5.76 Å². The zero-order valence-corrected chi connectivity index (χ0v) is 21.0. The van der Waals surface area contributed by atoms with Crippen molar-refractivity contribution in [2.45, 2.75) is 13.0 Å². The summed E-state index contributed by atoms with van der Waals surface area (Å²) < 4.78 is 30.6. The standard InChI is InChI=1S/C28H21FN2O6S/c1-4-12-35-18-9-6-16(7-10-18)22-21-23(32)19-14-17(29)8-11-20(19)37-24(21)26(33)31(22)28-30-15(3)25(38-28)27(34)36-13-5-2/h4-11,14,22H,1-2,12-13H2,3H3. The summed E-state index contributed by atoms with van der Waals surface area (Å²) in [6.07, 6.45) is 3.05. The second kappa shape index (κ2) is 10.1. The molecule has 1 aliphatic rings. The first-order valence-corrected chi connectivity index (χ1v) is 12.3. The van der Waals surface area contributed by atoms with Crippen LogP contribution in [0, 0.1) is 12.7 Å². The Bertz CT molecular complexity index is 1660. The third kappa shape index (κ3) is 4.28. The number of benzene rings is 2. The maximum absolute atomic E-state index is 14.0. The van der Waals surface area contributed by atoms with Gasteiger partial charge in [0.25, 0.3) is 5.91 Å². The topological polar surface area (TPSA) is 98.9 Å². The van der Waals surface area contributed by atoms with E-state index in [0.717, 1.165) is 23.5 Å². The highest BCUT2D eigenvalue weighted by Gasteiger charge is 2.45. The monoisotopic (exact) mass is 532 g/mol. The number of aromatic nitrogens is 1. The maximum atomic E-state index is 14.0. The van der Waals surface area contributed by atoms with E-state index in [2.05, 4.69) is 18.1 Å². The molecule has 2 aromatic carbocycles. The van der Waals surface area contributed by atoms with Crippen molar-refractivity contribution in [2.75, 3.05) is 18.1 Å². The zero-order chi connectivity index (χ0) is 27.0. The smallest absolute Gasteiger partial charge is 0.350 e. The van der Waals surface area contributed by atoms with E-state index in [4.69, 9.17) is 13.9 Å². The number of rotatable bonds is 8. The molecule has 5 rings (SSSR count). The van der Waals surface area contributed by atoms with Crippen LogP contribution in [0.5, 0.6) is 5.75 Å². The molecule has 0 N–H and O–H groups in total. The lowest BCUT2D eigenvalue weighted by atomic mass is 9.98. The highest BCUT2D eigenvalue weighted by atomic mass is 32.1. The summed E-state index contributed by atoms with van der Waals surface area (Å²) in [7, 11) is 0. The SMILES string of the molecule is C=CCOC(=O)c1sc(N2C(=O)c3oc4ccc(F)cc4c(=O)c3C2c2ccc(OCC=C)cc2)nc1C. The first-order valence-electron chi connectivity index (χ1n) is 11.5. The summed E-state index contributed by atoms with van der Waals surface area (Å²) in [5, 5.41) is 0.189. The minimum absolute atomic E-state index is 0.0124. The van der Waals surface area contributed by atoms with Gasteiger partial charge in [0, 0.05) is 0 Å². The summed E-state index contributed by atoms with van der Waals surface area (Å²) in [5.74, 6) is -1.43. The molecule has 1 unspecified atom stereocenters. The van der Waals surface area contributed by atoms with Gasteiger partial charge in [0.1, 0.15) is 35.2 Å². The quantitative estimate of drug-likeness (QED) is 0.223. The molecule has 1 amide bonds. The van der Waals surface area contributed by atoms with Gasteiger partial charge in [-0.2, -0.15) is 0 Å². The molecular formula is C28H21FN2O6S. The van der Waals surface area contributed by atoms with Crippen LogP contribution in [-0.2, 0) is 4.74 Å². The first-order chi connectivity index (χ1) is 18.3. The molecule has 192 valence electrons. The number of nitrogens with zero attached hydrogens (tertiary/aromatic N) is 2. The first kappa shape index (κ1) is 25.1. The van der Waals surface area contributed by atoms with Crippen LogP contribution in [-0.4, -0.2) is 30.1 Å². The number of hydrogen-bond acceptors (Lipinski definition) is 8. The fourth-order valence-electron chi connectivity index (χ4n) is 4.23. The van der Waals surface area contributed by atoms with Gasteiger partial charge in [0.15, 0.2) is 10.6 Å². The van der Waals surface area contributed by atoms with E-state index in [-0.39, 0.29) is 38.9 Å². The molecule has 0 aliphatic carbocycles. The lowest BCUT2D eigenvalue weighted by Gasteiger charge is -2.22. The molecule has 3 heterocycles. The van der Waals surface area contributed by atoms with Gasteiger partial charge in [0.05, 0.1) is 22.7 Å². The van der Waals surface area contributed by atoms with Crippen molar-refractivity contribution in [3.63, 3.8) is 0 Å². The van der Waals surface area contributed by atoms with Gasteiger partial charge in [-0.25, -0.2) is 14.2 Å². The van der Waals surface area contributed by atoms with E-state index in [9.17, 15) is 18.8 Å². The highest BCUT2D eigenvalue weighted by Crippen LogP contribution is 2.43. The molecule has 4 aromatic rings. The fraction of sp³-hybridized carbons (Fsp3) is 0.143. The number of amides is 1. The lowest BCUT2D eigenvalue weighted by molar-refractivity contribution is 0.0554. The Morgan fingerprint density at radius 1 is 1.16 bits per heavy atom. The molecular weight excluding hydrogens is 511 g/mol. The minimum atomic E-state index is -0.947. The van der Waals surface area contributed by atoms with Crippen LogP contribution >= 0.6 is 11.3 Å². The molecule has 10 heteroatoms. The highest BCUT2D eigenvalue weighted by molar-refractivity contribution is 7.17.